The van der Waals surface area contributed by atoms with E-state index in [-0.39, 0.29) is 24.4 Å². The van der Waals surface area contributed by atoms with Crippen LogP contribution in [0.1, 0.15) is 28.6 Å². The molecular formula is C12H19ClN2OS. The Bertz CT molecular complexity index is 392. The van der Waals surface area contributed by atoms with Gasteiger partial charge in [-0.3, -0.25) is 4.79 Å². The van der Waals surface area contributed by atoms with Crippen LogP contribution in [0.4, 0.5) is 0 Å². The van der Waals surface area contributed by atoms with Crippen molar-refractivity contribution in [2.24, 2.45) is 11.7 Å². The third kappa shape index (κ3) is 3.00. The predicted octanol–water partition coefficient (Wildman–Crippen LogP) is 2.29. The number of likely N-dealkylation sites (tertiary alicyclic amines) is 1. The number of hydrogen-bond acceptors (Lipinski definition) is 3. The van der Waals surface area contributed by atoms with Crippen LogP contribution in [-0.2, 0) is 0 Å². The molecule has 96 valence electrons. The van der Waals surface area contributed by atoms with Crippen molar-refractivity contribution in [1.82, 2.24) is 4.90 Å². The second kappa shape index (κ2) is 5.85. The summed E-state index contributed by atoms with van der Waals surface area (Å²) in [6.07, 6.45) is 1.04. The van der Waals surface area contributed by atoms with Crippen LogP contribution in [0.3, 0.4) is 0 Å². The van der Waals surface area contributed by atoms with E-state index < -0.39 is 0 Å². The van der Waals surface area contributed by atoms with Crippen molar-refractivity contribution in [3.05, 3.63) is 21.9 Å². The third-order valence-corrected chi connectivity index (χ3v) is 4.32. The molecule has 2 heterocycles. The van der Waals surface area contributed by atoms with Crippen molar-refractivity contribution in [2.45, 2.75) is 26.3 Å². The molecule has 1 saturated heterocycles. The van der Waals surface area contributed by atoms with Crippen molar-refractivity contribution in [1.29, 1.82) is 0 Å². The number of thiophene rings is 1. The number of rotatable bonds is 2. The van der Waals surface area contributed by atoms with E-state index in [1.165, 1.54) is 11.3 Å². The Morgan fingerprint density at radius 2 is 2.35 bits per heavy atom. The maximum atomic E-state index is 12.2. The first kappa shape index (κ1) is 14.5. The lowest BCUT2D eigenvalue weighted by Gasteiger charge is -2.17. The van der Waals surface area contributed by atoms with Gasteiger partial charge in [-0.2, -0.15) is 0 Å². The van der Waals surface area contributed by atoms with E-state index in [4.69, 9.17) is 5.73 Å². The molecule has 0 bridgehead atoms. The van der Waals surface area contributed by atoms with Gasteiger partial charge in [0, 0.05) is 19.1 Å². The lowest BCUT2D eigenvalue weighted by Crippen LogP contribution is -2.32. The summed E-state index contributed by atoms with van der Waals surface area (Å²) in [5.74, 6) is 0.639. The molecule has 1 aromatic rings. The SMILES string of the molecule is Cc1ccsc1C(=O)N1CCC(C(C)N)C1.Cl. The van der Waals surface area contributed by atoms with Crippen molar-refractivity contribution >= 4 is 29.7 Å². The van der Waals surface area contributed by atoms with E-state index in [1.54, 1.807) is 0 Å². The summed E-state index contributed by atoms with van der Waals surface area (Å²) in [4.78, 5) is 15.0. The Morgan fingerprint density at radius 1 is 1.65 bits per heavy atom. The molecule has 2 N–H and O–H groups in total. The number of nitrogens with zero attached hydrogens (tertiary/aromatic N) is 1. The van der Waals surface area contributed by atoms with Crippen LogP contribution < -0.4 is 5.73 Å². The van der Waals surface area contributed by atoms with E-state index in [9.17, 15) is 4.79 Å². The van der Waals surface area contributed by atoms with Crippen LogP contribution in [0.15, 0.2) is 11.4 Å². The molecular weight excluding hydrogens is 256 g/mol. The molecule has 0 saturated carbocycles. The normalized spacial score (nSPS) is 21.1. The minimum Gasteiger partial charge on any atom is -0.338 e. The summed E-state index contributed by atoms with van der Waals surface area (Å²) in [5, 5.41) is 1.97. The first-order valence-electron chi connectivity index (χ1n) is 5.68. The number of amides is 1. The minimum absolute atomic E-state index is 0. The number of carbonyl (C=O) groups excluding carboxylic acids is 1. The Morgan fingerprint density at radius 3 is 2.82 bits per heavy atom. The van der Waals surface area contributed by atoms with E-state index in [0.717, 1.165) is 30.0 Å². The molecule has 3 nitrogen and oxygen atoms in total. The number of nitrogens with two attached hydrogens (primary N) is 1. The summed E-state index contributed by atoms with van der Waals surface area (Å²) in [7, 11) is 0. The van der Waals surface area contributed by atoms with Crippen LogP contribution in [0.25, 0.3) is 0 Å². The average Bonchev–Trinajstić information content (AvgIpc) is 2.84. The van der Waals surface area contributed by atoms with Gasteiger partial charge >= 0.3 is 0 Å². The largest absolute Gasteiger partial charge is 0.338 e. The van der Waals surface area contributed by atoms with Crippen LogP contribution in [-0.4, -0.2) is 29.9 Å². The van der Waals surface area contributed by atoms with E-state index in [0.29, 0.717) is 5.92 Å². The van der Waals surface area contributed by atoms with Crippen LogP contribution in [0, 0.1) is 12.8 Å². The van der Waals surface area contributed by atoms with Crippen LogP contribution in [0.2, 0.25) is 0 Å². The van der Waals surface area contributed by atoms with Gasteiger partial charge in [0.05, 0.1) is 4.88 Å². The molecule has 5 heteroatoms. The zero-order chi connectivity index (χ0) is 11.7. The number of halogens is 1. The Kier molecular flexibility index (Phi) is 4.98. The molecule has 1 aliphatic heterocycles. The molecule has 2 atom stereocenters. The zero-order valence-electron chi connectivity index (χ0n) is 10.2. The maximum absolute atomic E-state index is 12.2. The third-order valence-electron chi connectivity index (χ3n) is 3.31. The van der Waals surface area contributed by atoms with E-state index in [2.05, 4.69) is 0 Å². The van der Waals surface area contributed by atoms with Gasteiger partial charge in [-0.25, -0.2) is 0 Å². The van der Waals surface area contributed by atoms with Crippen molar-refractivity contribution in [3.63, 3.8) is 0 Å². The highest BCUT2D eigenvalue weighted by Gasteiger charge is 2.29. The van der Waals surface area contributed by atoms with Gasteiger partial charge in [0.2, 0.25) is 0 Å². The predicted molar refractivity (Wildman–Crippen MR) is 74.0 cm³/mol. The molecule has 1 aliphatic rings. The molecule has 1 aromatic heterocycles. The zero-order valence-corrected chi connectivity index (χ0v) is 11.8. The van der Waals surface area contributed by atoms with Gasteiger partial charge in [-0.15, -0.1) is 23.7 Å². The molecule has 0 aliphatic carbocycles. The molecule has 2 unspecified atom stereocenters. The smallest absolute Gasteiger partial charge is 0.264 e. The monoisotopic (exact) mass is 274 g/mol. The fourth-order valence-electron chi connectivity index (χ4n) is 2.14. The Hall–Kier alpha value is -0.580. The Balaban J connectivity index is 0.00000144. The average molecular weight is 275 g/mol. The van der Waals surface area contributed by atoms with Crippen LogP contribution >= 0.6 is 23.7 Å². The number of carbonyl (C=O) groups is 1. The van der Waals surface area contributed by atoms with Gasteiger partial charge < -0.3 is 10.6 Å². The second-order valence-electron chi connectivity index (χ2n) is 4.59. The molecule has 0 radical (unpaired) electrons. The molecule has 0 spiro atoms. The summed E-state index contributed by atoms with van der Waals surface area (Å²) < 4.78 is 0. The summed E-state index contributed by atoms with van der Waals surface area (Å²) in [6.45, 7) is 5.67. The van der Waals surface area contributed by atoms with E-state index >= 15 is 0 Å². The number of aryl methyl sites for hydroxylation is 1. The standard InChI is InChI=1S/C12H18N2OS.ClH/c1-8-4-6-16-11(8)12(15)14-5-3-10(7-14)9(2)13;/h4,6,9-10H,3,5,7,13H2,1-2H3;1H. The highest BCUT2D eigenvalue weighted by atomic mass is 35.5. The van der Waals surface area contributed by atoms with Crippen LogP contribution in [0.5, 0.6) is 0 Å². The van der Waals surface area contributed by atoms with E-state index in [1.807, 2.05) is 30.2 Å². The fraction of sp³-hybridized carbons (Fsp3) is 0.583. The number of hydrogen-bond donors (Lipinski definition) is 1. The van der Waals surface area contributed by atoms with Gasteiger partial charge in [0.15, 0.2) is 0 Å². The highest BCUT2D eigenvalue weighted by Crippen LogP contribution is 2.24. The summed E-state index contributed by atoms with van der Waals surface area (Å²) in [6, 6.07) is 2.18. The first-order chi connectivity index (χ1) is 7.59. The van der Waals surface area contributed by atoms with Crippen molar-refractivity contribution in [2.75, 3.05) is 13.1 Å². The van der Waals surface area contributed by atoms with Gasteiger partial charge in [0.25, 0.3) is 5.91 Å². The minimum atomic E-state index is 0. The fourth-order valence-corrected chi connectivity index (χ4v) is 3.03. The molecule has 1 fully saturated rings. The van der Waals surface area contributed by atoms with Gasteiger partial charge in [-0.05, 0) is 43.2 Å². The van der Waals surface area contributed by atoms with Gasteiger partial charge in [0.1, 0.15) is 0 Å². The summed E-state index contributed by atoms with van der Waals surface area (Å²) >= 11 is 1.53. The van der Waals surface area contributed by atoms with Crippen molar-refractivity contribution in [3.8, 4) is 0 Å². The molecule has 2 rings (SSSR count). The van der Waals surface area contributed by atoms with Crippen molar-refractivity contribution < 1.29 is 4.79 Å². The Labute approximate surface area is 112 Å². The molecule has 1 amide bonds. The topological polar surface area (TPSA) is 46.3 Å². The first-order valence-corrected chi connectivity index (χ1v) is 6.56. The van der Waals surface area contributed by atoms with Gasteiger partial charge in [-0.1, -0.05) is 0 Å². The maximum Gasteiger partial charge on any atom is 0.264 e. The molecule has 0 aromatic carbocycles. The lowest BCUT2D eigenvalue weighted by molar-refractivity contribution is 0.0790. The quantitative estimate of drug-likeness (QED) is 0.899. The lowest BCUT2D eigenvalue weighted by atomic mass is 10.0. The highest BCUT2D eigenvalue weighted by molar-refractivity contribution is 7.12. The molecule has 17 heavy (non-hydrogen) atoms. The summed E-state index contributed by atoms with van der Waals surface area (Å²) in [5.41, 5.74) is 6.96. The second-order valence-corrected chi connectivity index (χ2v) is 5.51.